The normalized spacial score (nSPS) is 11.6. The molecule has 0 saturated heterocycles. The van der Waals surface area contributed by atoms with Crippen LogP contribution in [0.2, 0.25) is 0 Å². The molecule has 16 rings (SSSR count). The Morgan fingerprint density at radius 1 is 0.214 bits per heavy atom. The zero-order chi connectivity index (χ0) is 55.5. The number of hydrogen-bond donors (Lipinski definition) is 0. The second-order valence-corrected chi connectivity index (χ2v) is 21.1. The first-order chi connectivity index (χ1) is 41.7. The van der Waals surface area contributed by atoms with Crippen molar-refractivity contribution in [3.63, 3.8) is 0 Å². The Labute approximate surface area is 485 Å². The fourth-order valence-corrected chi connectivity index (χ4v) is 12.5. The van der Waals surface area contributed by atoms with E-state index in [0.717, 1.165) is 106 Å². The van der Waals surface area contributed by atoms with Crippen LogP contribution >= 0.6 is 0 Å². The lowest BCUT2D eigenvalue weighted by atomic mass is 10.1. The van der Waals surface area contributed by atoms with Gasteiger partial charge in [-0.15, -0.1) is 0 Å². The summed E-state index contributed by atoms with van der Waals surface area (Å²) in [4.78, 5) is 18.5. The van der Waals surface area contributed by atoms with E-state index >= 15 is 0 Å². The molecule has 0 radical (unpaired) electrons. The summed E-state index contributed by atoms with van der Waals surface area (Å²) >= 11 is 0. The van der Waals surface area contributed by atoms with Crippen LogP contribution in [0, 0.1) is 0 Å². The number of hydrogen-bond acceptors (Lipinski definition) is 5. The van der Waals surface area contributed by atoms with Crippen LogP contribution in [0.25, 0.3) is 82.6 Å². The maximum absolute atomic E-state index is 5.85. The Hall–Kier alpha value is -11.5. The van der Waals surface area contributed by atoms with Crippen molar-refractivity contribution >= 4 is 117 Å². The molecule has 8 heteroatoms. The van der Waals surface area contributed by atoms with Crippen LogP contribution in [0.15, 0.2) is 315 Å². The zero-order valence-corrected chi connectivity index (χ0v) is 45.6. The average molecular weight is 1080 g/mol. The summed E-state index contributed by atoms with van der Waals surface area (Å²) in [7, 11) is 0. The van der Waals surface area contributed by atoms with Crippen LogP contribution < -0.4 is 14.7 Å². The van der Waals surface area contributed by atoms with Crippen LogP contribution in [-0.4, -0.2) is 23.7 Å². The summed E-state index contributed by atoms with van der Waals surface area (Å²) in [6, 6.07) is 112. The monoisotopic (exact) mass is 1080 g/mol. The van der Waals surface area contributed by atoms with E-state index in [9.17, 15) is 0 Å². The van der Waals surface area contributed by atoms with Crippen molar-refractivity contribution in [3.8, 4) is 17.2 Å². The Balaban J connectivity index is 0.993. The molecule has 0 fully saturated rings. The standard InChI is InChI=1S/C76H52N8/c1-7-25-53(26-8-1)79(54-27-9-2-10-28-54)59-43-46-67-64-39-21-24-42-70(64)84(73(67)49-59)75-52-74(80(55-29-11-3-12-30-55)60-44-47-65-62-37-19-22-40-68(62)82(71(65)50-60)57-33-15-5-16-34-57)77-76(78-75)81(56-31-13-4-14-32-56)61-45-48-66-63-38-20-23-41-69(63)83(72(66)51-61)58-35-17-6-18-36-58/h1-52H. The van der Waals surface area contributed by atoms with Gasteiger partial charge in [0.25, 0.3) is 0 Å². The summed E-state index contributed by atoms with van der Waals surface area (Å²) < 4.78 is 7.07. The van der Waals surface area contributed by atoms with Crippen molar-refractivity contribution in [3.05, 3.63) is 315 Å². The fourth-order valence-electron chi connectivity index (χ4n) is 12.5. The largest absolute Gasteiger partial charge is 0.310 e. The summed E-state index contributed by atoms with van der Waals surface area (Å²) in [5, 5.41) is 6.91. The Morgan fingerprint density at radius 2 is 0.524 bits per heavy atom. The van der Waals surface area contributed by atoms with Crippen molar-refractivity contribution in [1.29, 1.82) is 0 Å². The maximum atomic E-state index is 5.85. The number of fused-ring (bicyclic) bond motifs is 9. The molecule has 396 valence electrons. The SMILES string of the molecule is c1ccc(N(c2ccccc2)c2ccc3c4ccccc4n(-c4cc(N(c5ccccc5)c5ccc6c7ccccc7n(-c7ccccc7)c6c5)nc(N(c5ccccc5)c5ccc6c7ccccc7n(-c7ccccc7)c6c5)n4)c3c2)cc1. The van der Waals surface area contributed by atoms with Crippen molar-refractivity contribution < 1.29 is 0 Å². The topological polar surface area (TPSA) is 50.3 Å². The highest BCUT2D eigenvalue weighted by Crippen LogP contribution is 2.45. The number of aromatic nitrogens is 5. The van der Waals surface area contributed by atoms with E-state index in [1.54, 1.807) is 0 Å². The predicted molar refractivity (Wildman–Crippen MR) is 349 cm³/mol. The van der Waals surface area contributed by atoms with Crippen LogP contribution in [0.5, 0.6) is 0 Å². The molecule has 0 unspecified atom stereocenters. The third-order valence-electron chi connectivity index (χ3n) is 16.2. The lowest BCUT2D eigenvalue weighted by Crippen LogP contribution is -2.19. The highest BCUT2D eigenvalue weighted by atomic mass is 15.3. The van der Waals surface area contributed by atoms with Gasteiger partial charge >= 0.3 is 0 Å². The number of para-hydroxylation sites is 9. The molecule has 0 atom stereocenters. The minimum atomic E-state index is 0.494. The summed E-state index contributed by atoms with van der Waals surface area (Å²) in [5.74, 6) is 1.87. The van der Waals surface area contributed by atoms with Crippen molar-refractivity contribution in [2.75, 3.05) is 14.7 Å². The summed E-state index contributed by atoms with van der Waals surface area (Å²) in [5.41, 5.74) is 15.4. The van der Waals surface area contributed by atoms with Gasteiger partial charge in [0.1, 0.15) is 11.6 Å². The van der Waals surface area contributed by atoms with Crippen LogP contribution in [0.1, 0.15) is 0 Å². The number of nitrogens with zero attached hydrogens (tertiary/aromatic N) is 8. The Morgan fingerprint density at radius 3 is 0.952 bits per heavy atom. The zero-order valence-electron chi connectivity index (χ0n) is 45.6. The first kappa shape index (κ1) is 48.4. The molecule has 0 amide bonds. The van der Waals surface area contributed by atoms with Gasteiger partial charge in [-0.05, 0) is 127 Å². The molecule has 0 aliphatic carbocycles. The molecular formula is C76H52N8. The number of rotatable bonds is 12. The average Bonchev–Trinajstić information content (AvgIpc) is 3.18. The molecule has 8 nitrogen and oxygen atoms in total. The van der Waals surface area contributed by atoms with E-state index in [-0.39, 0.29) is 0 Å². The van der Waals surface area contributed by atoms with E-state index in [0.29, 0.717) is 17.6 Å². The molecule has 4 aromatic heterocycles. The highest BCUT2D eigenvalue weighted by molar-refractivity contribution is 6.13. The Bertz CT molecular complexity index is 4820. The molecule has 16 aromatic rings. The minimum Gasteiger partial charge on any atom is -0.310 e. The molecule has 0 saturated carbocycles. The van der Waals surface area contributed by atoms with Crippen LogP contribution in [0.3, 0.4) is 0 Å². The lowest BCUT2D eigenvalue weighted by Gasteiger charge is -2.29. The van der Waals surface area contributed by atoms with Gasteiger partial charge in [-0.2, -0.15) is 9.97 Å². The van der Waals surface area contributed by atoms with Gasteiger partial charge in [0.15, 0.2) is 0 Å². The third kappa shape index (κ3) is 8.15. The fraction of sp³-hybridized carbons (Fsp3) is 0. The lowest BCUT2D eigenvalue weighted by molar-refractivity contribution is 0.997. The molecule has 4 heterocycles. The van der Waals surface area contributed by atoms with E-state index in [1.807, 2.05) is 0 Å². The first-order valence-electron chi connectivity index (χ1n) is 28.4. The summed E-state index contributed by atoms with van der Waals surface area (Å²) in [6.45, 7) is 0. The molecule has 84 heavy (non-hydrogen) atoms. The van der Waals surface area contributed by atoms with E-state index in [2.05, 4.69) is 344 Å². The third-order valence-corrected chi connectivity index (χ3v) is 16.2. The maximum Gasteiger partial charge on any atom is 0.238 e. The minimum absolute atomic E-state index is 0.494. The van der Waals surface area contributed by atoms with E-state index in [1.165, 1.54) is 10.8 Å². The molecule has 12 aromatic carbocycles. The quantitative estimate of drug-likeness (QED) is 0.122. The van der Waals surface area contributed by atoms with Crippen molar-refractivity contribution in [2.45, 2.75) is 0 Å². The molecule has 0 N–H and O–H groups in total. The molecule has 0 spiro atoms. The second-order valence-electron chi connectivity index (χ2n) is 21.1. The van der Waals surface area contributed by atoms with Gasteiger partial charge in [0.05, 0.1) is 38.8 Å². The number of benzene rings is 12. The number of anilines is 9. The first-order valence-corrected chi connectivity index (χ1v) is 28.4. The van der Waals surface area contributed by atoms with E-state index in [4.69, 9.17) is 9.97 Å². The summed E-state index contributed by atoms with van der Waals surface area (Å²) in [6.07, 6.45) is 0. The molecule has 0 aliphatic rings. The Kier molecular flexibility index (Phi) is 11.7. The highest BCUT2D eigenvalue weighted by Gasteiger charge is 2.27. The van der Waals surface area contributed by atoms with E-state index < -0.39 is 0 Å². The van der Waals surface area contributed by atoms with Gasteiger partial charge < -0.3 is 14.0 Å². The van der Waals surface area contributed by atoms with Gasteiger partial charge in [0, 0.05) is 83.9 Å². The van der Waals surface area contributed by atoms with Gasteiger partial charge in [-0.3, -0.25) is 14.4 Å². The molecular weight excluding hydrogens is 1020 g/mol. The van der Waals surface area contributed by atoms with Crippen LogP contribution in [-0.2, 0) is 0 Å². The van der Waals surface area contributed by atoms with Gasteiger partial charge in [-0.1, -0.05) is 182 Å². The molecule has 0 aliphatic heterocycles. The predicted octanol–water partition coefficient (Wildman–Crippen LogP) is 20.2. The smallest absolute Gasteiger partial charge is 0.238 e. The van der Waals surface area contributed by atoms with Gasteiger partial charge in [0.2, 0.25) is 5.95 Å². The van der Waals surface area contributed by atoms with Crippen LogP contribution in [0.4, 0.5) is 51.6 Å². The molecule has 0 bridgehead atoms. The van der Waals surface area contributed by atoms with Crippen molar-refractivity contribution in [1.82, 2.24) is 23.7 Å². The second kappa shape index (κ2) is 20.3. The van der Waals surface area contributed by atoms with Crippen molar-refractivity contribution in [2.24, 2.45) is 0 Å². The van der Waals surface area contributed by atoms with Gasteiger partial charge in [-0.25, -0.2) is 0 Å².